The van der Waals surface area contributed by atoms with Gasteiger partial charge in [-0.1, -0.05) is 23.4 Å². The summed E-state index contributed by atoms with van der Waals surface area (Å²) in [4.78, 5) is 10.4. The van der Waals surface area contributed by atoms with Crippen molar-refractivity contribution in [1.29, 1.82) is 0 Å². The molecule has 0 spiro atoms. The van der Waals surface area contributed by atoms with Crippen molar-refractivity contribution in [3.8, 4) is 0 Å². The minimum atomic E-state index is -1.36. The number of benzene rings is 1. The second-order valence-electron chi connectivity index (χ2n) is 3.47. The molecule has 6 nitrogen and oxygen atoms in total. The van der Waals surface area contributed by atoms with Crippen LogP contribution in [0.4, 0.5) is 5.69 Å². The molecular formula is C10H12N4O2S. The van der Waals surface area contributed by atoms with E-state index in [-0.39, 0.29) is 5.75 Å². The Morgan fingerprint density at radius 2 is 2.06 bits per heavy atom. The van der Waals surface area contributed by atoms with Gasteiger partial charge < -0.3 is 4.79 Å². The molecule has 0 amide bonds. The number of nitrogens with zero attached hydrogens (tertiary/aromatic N) is 4. The Labute approximate surface area is 101 Å². The Kier molecular flexibility index (Phi) is 3.48. The lowest BCUT2D eigenvalue weighted by Gasteiger charge is -2.24. The molecule has 0 N–H and O–H groups in total. The lowest BCUT2D eigenvalue weighted by molar-refractivity contribution is -0.105. The molecule has 0 radical (unpaired) electrons. The number of aldehydes is 1. The molecule has 0 saturated carbocycles. The van der Waals surface area contributed by atoms with E-state index in [2.05, 4.69) is 10.4 Å². The first-order valence-corrected chi connectivity index (χ1v) is 6.41. The number of carbonyl (C=O) groups is 1. The van der Waals surface area contributed by atoms with Crippen molar-refractivity contribution in [2.45, 2.75) is 5.50 Å². The first kappa shape index (κ1) is 11.7. The molecule has 2 unspecified atom stereocenters. The summed E-state index contributed by atoms with van der Waals surface area (Å²) >= 11 is 0. The average molecular weight is 252 g/mol. The van der Waals surface area contributed by atoms with E-state index in [1.807, 2.05) is 30.3 Å². The maximum Gasteiger partial charge on any atom is 0.218 e. The maximum absolute atomic E-state index is 11.9. The molecule has 7 heteroatoms. The largest absolute Gasteiger partial charge is 0.302 e. The SMILES string of the molecule is CN1N=NN(c2ccccc2)C1S(=O)CC=O. The zero-order valence-corrected chi connectivity index (χ0v) is 10.1. The third kappa shape index (κ3) is 2.33. The molecule has 0 aliphatic carbocycles. The molecule has 0 aromatic heterocycles. The van der Waals surface area contributed by atoms with Crippen molar-refractivity contribution in [2.24, 2.45) is 10.4 Å². The lowest BCUT2D eigenvalue weighted by Crippen LogP contribution is -2.41. The molecule has 1 aromatic carbocycles. The monoisotopic (exact) mass is 252 g/mol. The van der Waals surface area contributed by atoms with Crippen LogP contribution in [0.5, 0.6) is 0 Å². The van der Waals surface area contributed by atoms with Crippen LogP contribution in [0.25, 0.3) is 0 Å². The highest BCUT2D eigenvalue weighted by atomic mass is 32.2. The zero-order chi connectivity index (χ0) is 12.3. The number of anilines is 1. The van der Waals surface area contributed by atoms with Gasteiger partial charge in [-0.2, -0.15) is 0 Å². The minimum absolute atomic E-state index is 0.0244. The Balaban J connectivity index is 2.25. The van der Waals surface area contributed by atoms with Gasteiger partial charge in [0.1, 0.15) is 6.29 Å². The lowest BCUT2D eigenvalue weighted by atomic mass is 10.3. The maximum atomic E-state index is 11.9. The third-order valence-corrected chi connectivity index (χ3v) is 3.73. The molecule has 0 fully saturated rings. The molecular weight excluding hydrogens is 240 g/mol. The standard InChI is InChI=1S/C10H12N4O2S/c1-13-10(17(16)8-7-15)14(12-11-13)9-5-3-2-4-6-9/h2-7,10H,8H2,1H3. The van der Waals surface area contributed by atoms with Crippen molar-refractivity contribution in [2.75, 3.05) is 17.8 Å². The molecule has 1 aromatic rings. The van der Waals surface area contributed by atoms with E-state index in [0.29, 0.717) is 6.29 Å². The van der Waals surface area contributed by atoms with Crippen molar-refractivity contribution in [1.82, 2.24) is 5.01 Å². The van der Waals surface area contributed by atoms with Crippen LogP contribution in [0, 0.1) is 0 Å². The topological polar surface area (TPSA) is 65.3 Å². The highest BCUT2D eigenvalue weighted by Gasteiger charge is 2.33. The first-order chi connectivity index (χ1) is 8.24. The third-order valence-electron chi connectivity index (χ3n) is 2.29. The highest BCUT2D eigenvalue weighted by Crippen LogP contribution is 2.25. The van der Waals surface area contributed by atoms with Gasteiger partial charge in [0.15, 0.2) is 0 Å². The van der Waals surface area contributed by atoms with Gasteiger partial charge in [-0.05, 0) is 17.4 Å². The van der Waals surface area contributed by atoms with Gasteiger partial charge in [0.25, 0.3) is 0 Å². The summed E-state index contributed by atoms with van der Waals surface area (Å²) in [5, 5.41) is 10.8. The second-order valence-corrected chi connectivity index (χ2v) is 4.99. The summed E-state index contributed by atoms with van der Waals surface area (Å²) in [6, 6.07) is 9.32. The Morgan fingerprint density at radius 3 is 2.71 bits per heavy atom. The van der Waals surface area contributed by atoms with Gasteiger partial charge in [-0.15, -0.1) is 0 Å². The molecule has 2 rings (SSSR count). The summed E-state index contributed by atoms with van der Waals surface area (Å²) in [5.41, 5.74) is 0.271. The normalized spacial score (nSPS) is 20.6. The fraction of sp³-hybridized carbons (Fsp3) is 0.300. The van der Waals surface area contributed by atoms with Crippen LogP contribution in [0.1, 0.15) is 0 Å². The molecule has 1 aliphatic heterocycles. The van der Waals surface area contributed by atoms with E-state index in [4.69, 9.17) is 0 Å². The van der Waals surface area contributed by atoms with E-state index in [9.17, 15) is 9.00 Å². The Hall–Kier alpha value is -1.76. The summed E-state index contributed by atoms with van der Waals surface area (Å²) < 4.78 is 11.9. The van der Waals surface area contributed by atoms with Gasteiger partial charge in [0, 0.05) is 7.05 Å². The van der Waals surface area contributed by atoms with Crippen LogP contribution >= 0.6 is 0 Å². The van der Waals surface area contributed by atoms with E-state index in [0.717, 1.165) is 5.69 Å². The number of hydrogen-bond acceptors (Lipinski definition) is 6. The van der Waals surface area contributed by atoms with Gasteiger partial charge in [0.05, 0.1) is 22.2 Å². The van der Waals surface area contributed by atoms with E-state index >= 15 is 0 Å². The van der Waals surface area contributed by atoms with Crippen molar-refractivity contribution >= 4 is 22.8 Å². The van der Waals surface area contributed by atoms with E-state index in [1.54, 1.807) is 12.1 Å². The number of para-hydroxylation sites is 1. The van der Waals surface area contributed by atoms with E-state index in [1.165, 1.54) is 5.01 Å². The van der Waals surface area contributed by atoms with Crippen LogP contribution in [-0.4, -0.2) is 33.8 Å². The molecule has 1 aliphatic rings. The van der Waals surface area contributed by atoms with Crippen LogP contribution < -0.4 is 5.01 Å². The molecule has 17 heavy (non-hydrogen) atoms. The summed E-state index contributed by atoms with van der Waals surface area (Å²) in [6.07, 6.45) is 0.644. The first-order valence-electron chi connectivity index (χ1n) is 5.03. The average Bonchev–Trinajstić information content (AvgIpc) is 2.73. The molecule has 0 bridgehead atoms. The number of rotatable bonds is 4. The quantitative estimate of drug-likeness (QED) is 0.748. The van der Waals surface area contributed by atoms with Gasteiger partial charge in [-0.25, -0.2) is 10.0 Å². The van der Waals surface area contributed by atoms with Crippen LogP contribution in [0.3, 0.4) is 0 Å². The van der Waals surface area contributed by atoms with Crippen LogP contribution in [-0.2, 0) is 15.6 Å². The zero-order valence-electron chi connectivity index (χ0n) is 9.26. The minimum Gasteiger partial charge on any atom is -0.302 e. The predicted molar refractivity (Wildman–Crippen MR) is 64.4 cm³/mol. The van der Waals surface area contributed by atoms with Gasteiger partial charge in [-0.3, -0.25) is 4.21 Å². The second kappa shape index (κ2) is 5.05. The van der Waals surface area contributed by atoms with E-state index < -0.39 is 16.3 Å². The fourth-order valence-corrected chi connectivity index (χ4v) is 2.62. The van der Waals surface area contributed by atoms with Crippen molar-refractivity contribution in [3.63, 3.8) is 0 Å². The summed E-state index contributed by atoms with van der Waals surface area (Å²) in [7, 11) is 0.321. The van der Waals surface area contributed by atoms with Gasteiger partial charge >= 0.3 is 0 Å². The molecule has 2 atom stereocenters. The number of hydrogen-bond donors (Lipinski definition) is 0. The molecule has 0 saturated heterocycles. The fourth-order valence-electron chi connectivity index (χ4n) is 1.55. The highest BCUT2D eigenvalue weighted by molar-refractivity contribution is 7.86. The summed E-state index contributed by atoms with van der Waals surface area (Å²) in [6.45, 7) is 0. The van der Waals surface area contributed by atoms with Crippen molar-refractivity contribution < 1.29 is 9.00 Å². The van der Waals surface area contributed by atoms with Gasteiger partial charge in [0.2, 0.25) is 5.50 Å². The van der Waals surface area contributed by atoms with Crippen LogP contribution in [0.2, 0.25) is 0 Å². The predicted octanol–water partition coefficient (Wildman–Crippen LogP) is 0.952. The Bertz CT molecular complexity index is 451. The Morgan fingerprint density at radius 1 is 1.35 bits per heavy atom. The smallest absolute Gasteiger partial charge is 0.218 e. The van der Waals surface area contributed by atoms with Crippen LogP contribution in [0.15, 0.2) is 40.8 Å². The summed E-state index contributed by atoms with van der Waals surface area (Å²) in [5.74, 6) is -0.0244. The number of carbonyl (C=O) groups excluding carboxylic acids is 1. The van der Waals surface area contributed by atoms with Crippen molar-refractivity contribution in [3.05, 3.63) is 30.3 Å². The molecule has 1 heterocycles. The molecule has 90 valence electrons.